The summed E-state index contributed by atoms with van der Waals surface area (Å²) in [7, 11) is 0. The molecule has 0 radical (unpaired) electrons. The first-order valence-corrected chi connectivity index (χ1v) is 8.31. The Balaban J connectivity index is 2.15. The highest BCUT2D eigenvalue weighted by atomic mass is 35.5. The van der Waals surface area contributed by atoms with Crippen LogP contribution in [0.5, 0.6) is 0 Å². The van der Waals surface area contributed by atoms with Gasteiger partial charge >= 0.3 is 0 Å². The van der Waals surface area contributed by atoms with E-state index >= 15 is 0 Å². The van der Waals surface area contributed by atoms with Crippen molar-refractivity contribution < 1.29 is 0 Å². The molecule has 2 rings (SSSR count). The van der Waals surface area contributed by atoms with Gasteiger partial charge in [-0.3, -0.25) is 0 Å². The van der Waals surface area contributed by atoms with Crippen molar-refractivity contribution in [1.29, 1.82) is 0 Å². The van der Waals surface area contributed by atoms with Crippen LogP contribution in [0, 0.1) is 0 Å². The Bertz CT molecular complexity index is 409. The third-order valence-electron chi connectivity index (χ3n) is 3.94. The fourth-order valence-electron chi connectivity index (χ4n) is 2.81. The molecular weight excluding hydrogens is 268 g/mol. The Morgan fingerprint density at radius 2 is 1.75 bits per heavy atom. The Morgan fingerprint density at radius 3 is 2.40 bits per heavy atom. The molecule has 1 saturated heterocycles. The van der Waals surface area contributed by atoms with Crippen LogP contribution in [0.4, 0.5) is 5.69 Å². The van der Waals surface area contributed by atoms with Gasteiger partial charge in [0.15, 0.2) is 0 Å². The Hall–Kier alpha value is -0.730. The highest BCUT2D eigenvalue weighted by Gasteiger charge is 2.13. The number of benzene rings is 1. The molecule has 1 fully saturated rings. The molecule has 1 aliphatic heterocycles. The van der Waals surface area contributed by atoms with Crippen molar-refractivity contribution in [3.63, 3.8) is 0 Å². The molecule has 1 aromatic rings. The minimum atomic E-state index is 0.495. The van der Waals surface area contributed by atoms with Crippen LogP contribution in [-0.4, -0.2) is 19.1 Å². The normalized spacial score (nSPS) is 17.1. The summed E-state index contributed by atoms with van der Waals surface area (Å²) in [4.78, 5) is 2.55. The maximum Gasteiger partial charge on any atom is 0.0412 e. The summed E-state index contributed by atoms with van der Waals surface area (Å²) in [6.45, 7) is 7.61. The van der Waals surface area contributed by atoms with Crippen molar-refractivity contribution in [3.8, 4) is 0 Å². The van der Waals surface area contributed by atoms with E-state index in [-0.39, 0.29) is 0 Å². The zero-order chi connectivity index (χ0) is 14.4. The first-order valence-electron chi connectivity index (χ1n) is 7.93. The van der Waals surface area contributed by atoms with Crippen molar-refractivity contribution in [2.45, 2.75) is 58.5 Å². The van der Waals surface area contributed by atoms with Crippen molar-refractivity contribution >= 4 is 17.3 Å². The van der Waals surface area contributed by atoms with Gasteiger partial charge in [-0.25, -0.2) is 0 Å². The van der Waals surface area contributed by atoms with Gasteiger partial charge in [0, 0.05) is 36.4 Å². The van der Waals surface area contributed by atoms with Gasteiger partial charge in [-0.15, -0.1) is 0 Å². The van der Waals surface area contributed by atoms with Crippen LogP contribution in [-0.2, 0) is 6.54 Å². The van der Waals surface area contributed by atoms with E-state index in [4.69, 9.17) is 11.6 Å². The van der Waals surface area contributed by atoms with Gasteiger partial charge in [0.05, 0.1) is 0 Å². The highest BCUT2D eigenvalue weighted by Crippen LogP contribution is 2.26. The smallest absolute Gasteiger partial charge is 0.0412 e. The highest BCUT2D eigenvalue weighted by molar-refractivity contribution is 6.30. The van der Waals surface area contributed by atoms with E-state index in [0.29, 0.717) is 6.04 Å². The monoisotopic (exact) mass is 294 g/mol. The van der Waals surface area contributed by atoms with E-state index in [1.54, 1.807) is 0 Å². The number of hydrogen-bond donors (Lipinski definition) is 1. The molecule has 3 heteroatoms. The van der Waals surface area contributed by atoms with Crippen LogP contribution < -0.4 is 10.2 Å². The zero-order valence-corrected chi connectivity index (χ0v) is 13.5. The van der Waals surface area contributed by atoms with Crippen LogP contribution in [0.15, 0.2) is 18.2 Å². The molecule has 0 bridgehead atoms. The summed E-state index contributed by atoms with van der Waals surface area (Å²) in [5.74, 6) is 0. The van der Waals surface area contributed by atoms with Crippen molar-refractivity contribution in [2.24, 2.45) is 0 Å². The summed E-state index contributed by atoms with van der Waals surface area (Å²) in [5, 5.41) is 4.35. The minimum Gasteiger partial charge on any atom is -0.371 e. The van der Waals surface area contributed by atoms with E-state index in [9.17, 15) is 0 Å². The number of nitrogens with zero attached hydrogens (tertiary/aromatic N) is 1. The third kappa shape index (κ3) is 4.68. The molecule has 0 amide bonds. The van der Waals surface area contributed by atoms with E-state index in [0.717, 1.165) is 11.6 Å². The first-order chi connectivity index (χ1) is 9.66. The van der Waals surface area contributed by atoms with Gasteiger partial charge in [0.2, 0.25) is 0 Å². The fourth-order valence-corrected chi connectivity index (χ4v) is 3.00. The summed E-state index contributed by atoms with van der Waals surface area (Å²) in [6.07, 6.45) is 6.74. The van der Waals surface area contributed by atoms with Gasteiger partial charge in [0.25, 0.3) is 0 Å². The molecule has 0 spiro atoms. The minimum absolute atomic E-state index is 0.495. The lowest BCUT2D eigenvalue weighted by Gasteiger charge is -2.29. The standard InChI is InChI=1S/C17H27ClN2/c1-14(2)19-13-15-12-16(18)8-9-17(15)20-10-6-4-3-5-7-11-20/h8-9,12,14,19H,3-7,10-11,13H2,1-2H3. The topological polar surface area (TPSA) is 15.3 Å². The summed E-state index contributed by atoms with van der Waals surface area (Å²) >= 11 is 6.18. The van der Waals surface area contributed by atoms with E-state index in [1.165, 1.54) is 56.4 Å². The second-order valence-corrected chi connectivity index (χ2v) is 6.50. The summed E-state index contributed by atoms with van der Waals surface area (Å²) in [6, 6.07) is 6.83. The number of anilines is 1. The molecule has 1 N–H and O–H groups in total. The van der Waals surface area contributed by atoms with Crippen LogP contribution in [0.1, 0.15) is 51.5 Å². The van der Waals surface area contributed by atoms with E-state index in [2.05, 4.69) is 36.2 Å². The molecular formula is C17H27ClN2. The Kier molecular flexibility index (Phi) is 6.18. The average molecular weight is 295 g/mol. The average Bonchev–Trinajstić information content (AvgIpc) is 2.37. The second kappa shape index (κ2) is 7.90. The van der Waals surface area contributed by atoms with E-state index < -0.39 is 0 Å². The van der Waals surface area contributed by atoms with Crippen molar-refractivity contribution in [1.82, 2.24) is 5.32 Å². The lowest BCUT2D eigenvalue weighted by atomic mass is 10.1. The zero-order valence-electron chi connectivity index (χ0n) is 12.8. The second-order valence-electron chi connectivity index (χ2n) is 6.06. The molecule has 0 aliphatic carbocycles. The Morgan fingerprint density at radius 1 is 1.10 bits per heavy atom. The molecule has 0 saturated carbocycles. The predicted octanol–water partition coefficient (Wildman–Crippen LogP) is 4.61. The Labute approximate surface area is 128 Å². The molecule has 2 nitrogen and oxygen atoms in total. The number of nitrogens with one attached hydrogen (secondary N) is 1. The fraction of sp³-hybridized carbons (Fsp3) is 0.647. The van der Waals surface area contributed by atoms with Crippen molar-refractivity contribution in [2.75, 3.05) is 18.0 Å². The SMILES string of the molecule is CC(C)NCc1cc(Cl)ccc1N1CCCCCCC1. The van der Waals surface area contributed by atoms with Gasteiger partial charge in [-0.2, -0.15) is 0 Å². The molecule has 0 aromatic heterocycles. The quantitative estimate of drug-likeness (QED) is 0.872. The predicted molar refractivity (Wildman–Crippen MR) is 88.7 cm³/mol. The lowest BCUT2D eigenvalue weighted by Crippen LogP contribution is -2.29. The molecule has 1 aromatic carbocycles. The van der Waals surface area contributed by atoms with Crippen LogP contribution in [0.3, 0.4) is 0 Å². The van der Waals surface area contributed by atoms with Gasteiger partial charge < -0.3 is 10.2 Å². The summed E-state index contributed by atoms with van der Waals surface area (Å²) < 4.78 is 0. The van der Waals surface area contributed by atoms with Crippen LogP contribution in [0.25, 0.3) is 0 Å². The first kappa shape index (κ1) is 15.7. The van der Waals surface area contributed by atoms with Crippen molar-refractivity contribution in [3.05, 3.63) is 28.8 Å². The van der Waals surface area contributed by atoms with Gasteiger partial charge in [0.1, 0.15) is 0 Å². The van der Waals surface area contributed by atoms with Gasteiger partial charge in [-0.1, -0.05) is 44.7 Å². The lowest BCUT2D eigenvalue weighted by molar-refractivity contribution is 0.552. The molecule has 0 unspecified atom stereocenters. The van der Waals surface area contributed by atoms with E-state index in [1.807, 2.05) is 6.07 Å². The van der Waals surface area contributed by atoms with Crippen LogP contribution >= 0.6 is 11.6 Å². The number of hydrogen-bond acceptors (Lipinski definition) is 2. The maximum absolute atomic E-state index is 6.18. The molecule has 1 aliphatic rings. The number of halogens is 1. The summed E-state index contributed by atoms with van der Waals surface area (Å²) in [5.41, 5.74) is 2.69. The van der Waals surface area contributed by atoms with Crippen LogP contribution in [0.2, 0.25) is 5.02 Å². The maximum atomic E-state index is 6.18. The molecule has 20 heavy (non-hydrogen) atoms. The number of rotatable bonds is 4. The molecule has 112 valence electrons. The molecule has 0 atom stereocenters. The third-order valence-corrected chi connectivity index (χ3v) is 4.17. The van der Waals surface area contributed by atoms with Gasteiger partial charge in [-0.05, 0) is 36.6 Å². The largest absolute Gasteiger partial charge is 0.371 e. The molecule has 1 heterocycles.